The molecular formula is C16H19BrClNS2. The zero-order chi connectivity index (χ0) is 15.1. The van der Waals surface area contributed by atoms with Gasteiger partial charge in [-0.15, -0.1) is 23.1 Å². The maximum atomic E-state index is 6.03. The van der Waals surface area contributed by atoms with Crippen molar-refractivity contribution < 1.29 is 0 Å². The highest BCUT2D eigenvalue weighted by Gasteiger charge is 2.11. The van der Waals surface area contributed by atoms with Gasteiger partial charge in [0.15, 0.2) is 0 Å². The van der Waals surface area contributed by atoms with E-state index in [2.05, 4.69) is 58.5 Å². The van der Waals surface area contributed by atoms with Crippen LogP contribution in [0.1, 0.15) is 18.2 Å². The van der Waals surface area contributed by atoms with Gasteiger partial charge in [0.2, 0.25) is 0 Å². The molecule has 1 nitrogen and oxygen atoms in total. The molecule has 1 heterocycles. The lowest BCUT2D eigenvalue weighted by atomic mass is 10.2. The first-order chi connectivity index (χ1) is 10.2. The molecule has 0 saturated carbocycles. The summed E-state index contributed by atoms with van der Waals surface area (Å²) in [6, 6.07) is 13.1. The summed E-state index contributed by atoms with van der Waals surface area (Å²) in [7, 11) is 0. The second kappa shape index (κ2) is 9.21. The summed E-state index contributed by atoms with van der Waals surface area (Å²) >= 11 is 13.1. The van der Waals surface area contributed by atoms with Crippen LogP contribution in [0.15, 0.2) is 45.8 Å². The van der Waals surface area contributed by atoms with Crippen LogP contribution in [0.5, 0.6) is 0 Å². The fraction of sp³-hybridized carbons (Fsp3) is 0.375. The highest BCUT2D eigenvalue weighted by molar-refractivity contribution is 9.10. The first-order valence-corrected chi connectivity index (χ1v) is 10.0. The van der Waals surface area contributed by atoms with Gasteiger partial charge in [0.25, 0.3) is 0 Å². The van der Waals surface area contributed by atoms with Crippen molar-refractivity contribution in [3.63, 3.8) is 0 Å². The predicted molar refractivity (Wildman–Crippen MR) is 100.0 cm³/mol. The molecule has 1 aromatic heterocycles. The number of rotatable bonds is 8. The Kier molecular flexibility index (Phi) is 7.61. The van der Waals surface area contributed by atoms with Gasteiger partial charge >= 0.3 is 0 Å². The number of hydrogen-bond acceptors (Lipinski definition) is 3. The SMILES string of the molecule is CCCNC(CSc1cccc(Br)c1)Cc1ccc(Cl)s1. The number of halogens is 2. The summed E-state index contributed by atoms with van der Waals surface area (Å²) in [5.41, 5.74) is 0. The molecule has 2 aromatic rings. The first kappa shape index (κ1) is 17.4. The lowest BCUT2D eigenvalue weighted by Gasteiger charge is -2.17. The molecule has 0 amide bonds. The standard InChI is InChI=1S/C16H19BrClNS2/c1-2-8-19-13(10-15-6-7-16(18)21-15)11-20-14-5-3-4-12(17)9-14/h3-7,9,13,19H,2,8,10-11H2,1H3. The van der Waals surface area contributed by atoms with E-state index in [1.54, 1.807) is 11.3 Å². The number of benzene rings is 1. The highest BCUT2D eigenvalue weighted by Crippen LogP contribution is 2.26. The Morgan fingerprint density at radius 3 is 2.86 bits per heavy atom. The summed E-state index contributed by atoms with van der Waals surface area (Å²) in [6.07, 6.45) is 2.20. The topological polar surface area (TPSA) is 12.0 Å². The molecule has 0 aliphatic heterocycles. The predicted octanol–water partition coefficient (Wildman–Crippen LogP) is 5.87. The molecular weight excluding hydrogens is 386 g/mol. The van der Waals surface area contributed by atoms with Crippen LogP contribution in [0.3, 0.4) is 0 Å². The van der Waals surface area contributed by atoms with E-state index in [1.165, 1.54) is 9.77 Å². The van der Waals surface area contributed by atoms with Crippen molar-refractivity contribution in [1.29, 1.82) is 0 Å². The van der Waals surface area contributed by atoms with Gasteiger partial charge in [0.05, 0.1) is 4.34 Å². The Bertz CT molecular complexity index is 559. The number of hydrogen-bond donors (Lipinski definition) is 1. The van der Waals surface area contributed by atoms with Crippen LogP contribution < -0.4 is 5.32 Å². The third-order valence-electron chi connectivity index (χ3n) is 3.01. The monoisotopic (exact) mass is 403 g/mol. The second-order valence-electron chi connectivity index (χ2n) is 4.83. The number of nitrogens with one attached hydrogen (secondary N) is 1. The van der Waals surface area contributed by atoms with E-state index in [4.69, 9.17) is 11.6 Å². The van der Waals surface area contributed by atoms with Gasteiger partial charge < -0.3 is 5.32 Å². The van der Waals surface area contributed by atoms with E-state index in [-0.39, 0.29) is 0 Å². The minimum absolute atomic E-state index is 0.476. The second-order valence-corrected chi connectivity index (χ2v) is 8.64. The lowest BCUT2D eigenvalue weighted by molar-refractivity contribution is 0.553. The molecule has 1 unspecified atom stereocenters. The average Bonchev–Trinajstić information content (AvgIpc) is 2.87. The average molecular weight is 405 g/mol. The third-order valence-corrected chi connectivity index (χ3v) is 5.91. The quantitative estimate of drug-likeness (QED) is 0.552. The molecule has 0 saturated heterocycles. The smallest absolute Gasteiger partial charge is 0.0931 e. The summed E-state index contributed by atoms with van der Waals surface area (Å²) < 4.78 is 2.01. The van der Waals surface area contributed by atoms with Gasteiger partial charge in [-0.05, 0) is 49.7 Å². The summed E-state index contributed by atoms with van der Waals surface area (Å²) in [5, 5.41) is 3.64. The van der Waals surface area contributed by atoms with E-state index < -0.39 is 0 Å². The first-order valence-electron chi connectivity index (χ1n) is 7.03. The van der Waals surface area contributed by atoms with E-state index in [9.17, 15) is 0 Å². The zero-order valence-corrected chi connectivity index (χ0v) is 15.9. The highest BCUT2D eigenvalue weighted by atomic mass is 79.9. The van der Waals surface area contributed by atoms with Crippen LogP contribution in [0.25, 0.3) is 0 Å². The molecule has 0 radical (unpaired) electrons. The van der Waals surface area contributed by atoms with Gasteiger partial charge in [-0.1, -0.05) is 40.5 Å². The number of thiophene rings is 1. The van der Waals surface area contributed by atoms with Gasteiger partial charge in [-0.25, -0.2) is 0 Å². The Hall–Kier alpha value is -0.0000000000000000278. The van der Waals surface area contributed by atoms with Gasteiger partial charge in [-0.3, -0.25) is 0 Å². The molecule has 0 bridgehead atoms. The van der Waals surface area contributed by atoms with Crippen molar-refractivity contribution in [2.75, 3.05) is 12.3 Å². The van der Waals surface area contributed by atoms with Crippen molar-refractivity contribution in [3.8, 4) is 0 Å². The van der Waals surface area contributed by atoms with Crippen LogP contribution >= 0.6 is 50.6 Å². The van der Waals surface area contributed by atoms with Crippen LogP contribution in [0.4, 0.5) is 0 Å². The molecule has 1 atom stereocenters. The van der Waals surface area contributed by atoms with Gasteiger partial charge in [0, 0.05) is 26.0 Å². The molecule has 0 fully saturated rings. The molecule has 0 aliphatic carbocycles. The van der Waals surface area contributed by atoms with Gasteiger partial charge in [0.1, 0.15) is 0 Å². The Labute approximate surface area is 148 Å². The maximum Gasteiger partial charge on any atom is 0.0931 e. The minimum Gasteiger partial charge on any atom is -0.313 e. The van der Waals surface area contributed by atoms with Gasteiger partial charge in [-0.2, -0.15) is 0 Å². The largest absolute Gasteiger partial charge is 0.313 e. The molecule has 114 valence electrons. The molecule has 0 spiro atoms. The van der Waals surface area contributed by atoms with Crippen molar-refractivity contribution in [2.45, 2.75) is 30.7 Å². The Morgan fingerprint density at radius 1 is 1.33 bits per heavy atom. The van der Waals surface area contributed by atoms with Crippen LogP contribution in [0.2, 0.25) is 4.34 Å². The zero-order valence-electron chi connectivity index (χ0n) is 11.9. The van der Waals surface area contributed by atoms with Crippen molar-refractivity contribution in [3.05, 3.63) is 50.1 Å². The maximum absolute atomic E-state index is 6.03. The lowest BCUT2D eigenvalue weighted by Crippen LogP contribution is -2.33. The van der Waals surface area contributed by atoms with E-state index >= 15 is 0 Å². The molecule has 1 aromatic carbocycles. The molecule has 5 heteroatoms. The van der Waals surface area contributed by atoms with Crippen LogP contribution in [0, 0.1) is 0 Å². The summed E-state index contributed by atoms with van der Waals surface area (Å²) in [5.74, 6) is 1.06. The van der Waals surface area contributed by atoms with Crippen LogP contribution in [-0.2, 0) is 6.42 Å². The normalized spacial score (nSPS) is 12.5. The molecule has 0 aliphatic rings. The van der Waals surface area contributed by atoms with Crippen molar-refractivity contribution in [1.82, 2.24) is 5.32 Å². The summed E-state index contributed by atoms with van der Waals surface area (Å²) in [4.78, 5) is 2.65. The fourth-order valence-electron chi connectivity index (χ4n) is 2.00. The molecule has 1 N–H and O–H groups in total. The van der Waals surface area contributed by atoms with E-state index in [1.807, 2.05) is 17.8 Å². The molecule has 2 rings (SSSR count). The Balaban J connectivity index is 1.92. The Morgan fingerprint density at radius 2 is 2.19 bits per heavy atom. The fourth-order valence-corrected chi connectivity index (χ4v) is 4.73. The van der Waals surface area contributed by atoms with Crippen molar-refractivity contribution >= 4 is 50.6 Å². The molecule has 21 heavy (non-hydrogen) atoms. The van der Waals surface area contributed by atoms with Crippen molar-refractivity contribution in [2.24, 2.45) is 0 Å². The third kappa shape index (κ3) is 6.33. The summed E-state index contributed by atoms with van der Waals surface area (Å²) in [6.45, 7) is 3.26. The van der Waals surface area contributed by atoms with E-state index in [0.29, 0.717) is 6.04 Å². The van der Waals surface area contributed by atoms with E-state index in [0.717, 1.165) is 33.9 Å². The minimum atomic E-state index is 0.476. The number of thioether (sulfide) groups is 1. The van der Waals surface area contributed by atoms with Crippen LogP contribution in [-0.4, -0.2) is 18.3 Å².